The minimum atomic E-state index is -3.46. The smallest absolute Gasteiger partial charge is 0.243 e. The summed E-state index contributed by atoms with van der Waals surface area (Å²) in [6.07, 6.45) is 4.62. The molecule has 0 unspecified atom stereocenters. The van der Waals surface area contributed by atoms with Crippen LogP contribution in [0.2, 0.25) is 0 Å². The lowest BCUT2D eigenvalue weighted by molar-refractivity contribution is 0.326. The Morgan fingerprint density at radius 3 is 2.26 bits per heavy atom. The van der Waals surface area contributed by atoms with Gasteiger partial charge in [-0.1, -0.05) is 12.1 Å². The van der Waals surface area contributed by atoms with Crippen molar-refractivity contribution in [3.8, 4) is 5.75 Å². The van der Waals surface area contributed by atoms with Gasteiger partial charge in [0.2, 0.25) is 10.0 Å². The van der Waals surface area contributed by atoms with E-state index in [0.717, 1.165) is 31.1 Å². The van der Waals surface area contributed by atoms with Gasteiger partial charge in [0.1, 0.15) is 5.75 Å². The summed E-state index contributed by atoms with van der Waals surface area (Å²) < 4.78 is 27.8. The molecule has 5 heteroatoms. The summed E-state index contributed by atoms with van der Waals surface area (Å²) in [5, 5.41) is 11.3. The van der Waals surface area contributed by atoms with Gasteiger partial charge >= 0.3 is 0 Å². The first kappa shape index (κ1) is 15.0. The molecule has 3 aliphatic rings. The number of aromatic hydroxyl groups is 1. The van der Waals surface area contributed by atoms with Crippen molar-refractivity contribution >= 4 is 20.8 Å². The first-order valence-electron chi connectivity index (χ1n) is 8.26. The quantitative estimate of drug-likeness (QED) is 0.918. The van der Waals surface area contributed by atoms with Crippen LogP contribution in [0, 0.1) is 11.8 Å². The Morgan fingerprint density at radius 1 is 0.957 bits per heavy atom. The SMILES string of the molecule is O=S(=O)(c1ccc2c(O)cccc2c1)N1CC2CCC(CC2)C1. The molecular formula is C18H21NO3S. The third-order valence-electron chi connectivity index (χ3n) is 5.36. The largest absolute Gasteiger partial charge is 0.507 e. The molecule has 23 heavy (non-hydrogen) atoms. The van der Waals surface area contributed by atoms with Gasteiger partial charge in [0.25, 0.3) is 0 Å². The fourth-order valence-corrected chi connectivity index (χ4v) is 5.63. The highest BCUT2D eigenvalue weighted by Crippen LogP contribution is 2.36. The summed E-state index contributed by atoms with van der Waals surface area (Å²) in [5.41, 5.74) is 0. The molecule has 2 bridgehead atoms. The van der Waals surface area contributed by atoms with Crippen LogP contribution in [0.15, 0.2) is 41.3 Å². The maximum Gasteiger partial charge on any atom is 0.243 e. The monoisotopic (exact) mass is 331 g/mol. The maximum atomic E-state index is 13.1. The Kier molecular flexibility index (Phi) is 3.58. The lowest BCUT2D eigenvalue weighted by atomic mass is 9.84. The predicted octanol–water partition coefficient (Wildman–Crippen LogP) is 3.36. The van der Waals surface area contributed by atoms with Gasteiger partial charge in [-0.15, -0.1) is 0 Å². The van der Waals surface area contributed by atoms with Crippen LogP contribution in [0.4, 0.5) is 0 Å². The van der Waals surface area contributed by atoms with E-state index in [1.54, 1.807) is 34.6 Å². The topological polar surface area (TPSA) is 57.6 Å². The van der Waals surface area contributed by atoms with Gasteiger partial charge in [0.05, 0.1) is 4.90 Å². The van der Waals surface area contributed by atoms with Crippen LogP contribution in [0.3, 0.4) is 0 Å². The molecule has 1 N–H and O–H groups in total. The number of hydrogen-bond acceptors (Lipinski definition) is 3. The van der Waals surface area contributed by atoms with Crippen LogP contribution in [-0.2, 0) is 10.0 Å². The van der Waals surface area contributed by atoms with Gasteiger partial charge in [-0.05, 0) is 67.2 Å². The zero-order chi connectivity index (χ0) is 16.0. The van der Waals surface area contributed by atoms with E-state index in [-0.39, 0.29) is 5.75 Å². The van der Waals surface area contributed by atoms with Crippen molar-refractivity contribution in [2.45, 2.75) is 30.6 Å². The fourth-order valence-electron chi connectivity index (χ4n) is 4.00. The van der Waals surface area contributed by atoms with E-state index in [0.29, 0.717) is 35.2 Å². The standard InChI is InChI=1S/C18H21NO3S/c20-18-3-1-2-15-10-16(8-9-17(15)18)23(21,22)19-11-13-4-5-14(12-19)7-6-13/h1-3,8-10,13-14,20H,4-7,11-12H2. The van der Waals surface area contributed by atoms with E-state index in [9.17, 15) is 13.5 Å². The molecule has 2 heterocycles. The summed E-state index contributed by atoms with van der Waals surface area (Å²) in [5.74, 6) is 1.19. The molecule has 0 spiro atoms. The maximum absolute atomic E-state index is 13.1. The molecule has 1 saturated carbocycles. The van der Waals surface area contributed by atoms with Crippen LogP contribution in [0.1, 0.15) is 25.7 Å². The fraction of sp³-hybridized carbons (Fsp3) is 0.444. The van der Waals surface area contributed by atoms with Crippen molar-refractivity contribution in [3.05, 3.63) is 36.4 Å². The van der Waals surface area contributed by atoms with E-state index in [4.69, 9.17) is 0 Å². The van der Waals surface area contributed by atoms with E-state index < -0.39 is 10.0 Å². The third-order valence-corrected chi connectivity index (χ3v) is 7.18. The van der Waals surface area contributed by atoms with Gasteiger partial charge in [0, 0.05) is 18.5 Å². The molecule has 2 aromatic carbocycles. The number of benzene rings is 2. The van der Waals surface area contributed by atoms with Gasteiger partial charge in [0.15, 0.2) is 0 Å². The molecule has 0 amide bonds. The summed E-state index contributed by atoms with van der Waals surface area (Å²) >= 11 is 0. The van der Waals surface area contributed by atoms with Crippen LogP contribution in [0.5, 0.6) is 5.75 Å². The highest BCUT2D eigenvalue weighted by molar-refractivity contribution is 7.89. The Labute approximate surface area is 136 Å². The minimum Gasteiger partial charge on any atom is -0.507 e. The van der Waals surface area contributed by atoms with Gasteiger partial charge in [-0.3, -0.25) is 0 Å². The second kappa shape index (κ2) is 5.49. The average Bonchev–Trinajstić information content (AvgIpc) is 2.89. The van der Waals surface area contributed by atoms with Gasteiger partial charge in [-0.25, -0.2) is 8.42 Å². The van der Waals surface area contributed by atoms with Crippen LogP contribution >= 0.6 is 0 Å². The molecule has 122 valence electrons. The number of phenolic OH excluding ortho intramolecular Hbond substituents is 1. The molecule has 3 fully saturated rings. The van der Waals surface area contributed by atoms with E-state index in [2.05, 4.69) is 0 Å². The summed E-state index contributed by atoms with van der Waals surface area (Å²) in [6, 6.07) is 10.2. The Morgan fingerprint density at radius 2 is 1.61 bits per heavy atom. The molecule has 2 aliphatic heterocycles. The second-order valence-electron chi connectivity index (χ2n) is 6.87. The van der Waals surface area contributed by atoms with Gasteiger partial charge in [-0.2, -0.15) is 4.31 Å². The molecular weight excluding hydrogens is 310 g/mol. The van der Waals surface area contributed by atoms with Crippen LogP contribution in [0.25, 0.3) is 10.8 Å². The second-order valence-corrected chi connectivity index (χ2v) is 8.81. The molecule has 4 nitrogen and oxygen atoms in total. The molecule has 2 aromatic rings. The molecule has 0 aromatic heterocycles. The number of sulfonamides is 1. The normalized spacial score (nSPS) is 25.6. The lowest BCUT2D eigenvalue weighted by Gasteiger charge is -2.22. The highest BCUT2D eigenvalue weighted by Gasteiger charge is 2.35. The molecule has 0 radical (unpaired) electrons. The zero-order valence-corrected chi connectivity index (χ0v) is 13.8. The summed E-state index contributed by atoms with van der Waals surface area (Å²) in [7, 11) is -3.46. The van der Waals surface area contributed by atoms with Crippen molar-refractivity contribution in [1.29, 1.82) is 0 Å². The molecule has 1 aliphatic carbocycles. The van der Waals surface area contributed by atoms with Gasteiger partial charge < -0.3 is 5.11 Å². The van der Waals surface area contributed by atoms with Crippen LogP contribution < -0.4 is 0 Å². The summed E-state index contributed by atoms with van der Waals surface area (Å²) in [6.45, 7) is 1.30. The molecule has 5 rings (SSSR count). The number of hydrogen-bond donors (Lipinski definition) is 1. The first-order valence-corrected chi connectivity index (χ1v) is 9.70. The van der Waals surface area contributed by atoms with Crippen molar-refractivity contribution in [1.82, 2.24) is 4.31 Å². The summed E-state index contributed by atoms with van der Waals surface area (Å²) in [4.78, 5) is 0.330. The van der Waals surface area contributed by atoms with Crippen molar-refractivity contribution in [2.75, 3.05) is 13.1 Å². The zero-order valence-electron chi connectivity index (χ0n) is 13.0. The van der Waals surface area contributed by atoms with Crippen molar-refractivity contribution < 1.29 is 13.5 Å². The van der Waals surface area contributed by atoms with Crippen molar-refractivity contribution in [2.24, 2.45) is 11.8 Å². The van der Waals surface area contributed by atoms with Crippen molar-refractivity contribution in [3.63, 3.8) is 0 Å². The molecule has 0 atom stereocenters. The number of rotatable bonds is 2. The third kappa shape index (κ3) is 2.62. The predicted molar refractivity (Wildman–Crippen MR) is 89.8 cm³/mol. The molecule has 2 saturated heterocycles. The van der Waals surface area contributed by atoms with E-state index in [1.807, 2.05) is 6.07 Å². The Bertz CT molecular complexity index is 824. The van der Waals surface area contributed by atoms with Crippen LogP contribution in [-0.4, -0.2) is 30.9 Å². The lowest BCUT2D eigenvalue weighted by Crippen LogP contribution is -2.34. The Hall–Kier alpha value is -1.59. The minimum absolute atomic E-state index is 0.180. The van der Waals surface area contributed by atoms with E-state index in [1.165, 1.54) is 0 Å². The number of nitrogens with zero attached hydrogens (tertiary/aromatic N) is 1. The van der Waals surface area contributed by atoms with E-state index >= 15 is 0 Å². The highest BCUT2D eigenvalue weighted by atomic mass is 32.2. The Balaban J connectivity index is 1.73. The first-order chi connectivity index (χ1) is 11.0. The number of phenols is 1. The number of fused-ring (bicyclic) bond motifs is 5. The average molecular weight is 331 g/mol.